The van der Waals surface area contributed by atoms with Crippen LogP contribution in [0.3, 0.4) is 0 Å². The first-order valence-corrected chi connectivity index (χ1v) is 6.10. The summed E-state index contributed by atoms with van der Waals surface area (Å²) in [5.74, 6) is -0.330. The number of carbonyl (C=O) groups excluding carboxylic acids is 1. The predicted octanol–water partition coefficient (Wildman–Crippen LogP) is 2.80. The normalized spacial score (nSPS) is 10.3. The molecular formula is C9H6Cl2N4OS. The van der Waals surface area contributed by atoms with Crippen LogP contribution in [0.4, 0.5) is 5.69 Å². The molecule has 0 aliphatic heterocycles. The number of carbonyl (C=O) groups is 1. The molecule has 0 fully saturated rings. The van der Waals surface area contributed by atoms with Crippen LogP contribution in [0.1, 0.15) is 15.4 Å². The zero-order valence-corrected chi connectivity index (χ0v) is 10.9. The zero-order chi connectivity index (χ0) is 12.4. The van der Waals surface area contributed by atoms with Crippen LogP contribution >= 0.6 is 34.5 Å². The summed E-state index contributed by atoms with van der Waals surface area (Å²) < 4.78 is 0. The Hall–Kier alpha value is -1.24. The Morgan fingerprint density at radius 2 is 1.94 bits per heavy atom. The van der Waals surface area contributed by atoms with Crippen molar-refractivity contribution in [1.29, 1.82) is 0 Å². The van der Waals surface area contributed by atoms with Crippen molar-refractivity contribution in [2.24, 2.45) is 0 Å². The lowest BCUT2D eigenvalue weighted by atomic mass is 10.3. The molecule has 0 aliphatic carbocycles. The summed E-state index contributed by atoms with van der Waals surface area (Å²) >= 11 is 12.9. The van der Waals surface area contributed by atoms with E-state index >= 15 is 0 Å². The lowest BCUT2D eigenvalue weighted by Gasteiger charge is -2.06. The fourth-order valence-electron chi connectivity index (χ4n) is 1.14. The maximum absolute atomic E-state index is 11.9. The van der Waals surface area contributed by atoms with Crippen molar-refractivity contribution in [3.05, 3.63) is 32.7 Å². The molecule has 17 heavy (non-hydrogen) atoms. The van der Waals surface area contributed by atoms with E-state index in [4.69, 9.17) is 23.2 Å². The third-order valence-corrected chi connectivity index (χ3v) is 3.45. The van der Waals surface area contributed by atoms with Crippen molar-refractivity contribution in [3.63, 3.8) is 0 Å². The highest BCUT2D eigenvalue weighted by Crippen LogP contribution is 2.26. The zero-order valence-electron chi connectivity index (χ0n) is 8.57. The summed E-state index contributed by atoms with van der Waals surface area (Å²) in [6, 6.07) is 0. The number of rotatable bonds is 2. The number of nitrogens with one attached hydrogen (secondary N) is 1. The molecule has 0 saturated carbocycles. The summed E-state index contributed by atoms with van der Waals surface area (Å²) in [5, 5.41) is 2.76. The van der Waals surface area contributed by atoms with E-state index in [1.807, 2.05) is 0 Å². The van der Waals surface area contributed by atoms with E-state index in [1.165, 1.54) is 17.7 Å². The van der Waals surface area contributed by atoms with Crippen molar-refractivity contribution in [1.82, 2.24) is 15.0 Å². The molecule has 2 aromatic heterocycles. The average Bonchev–Trinajstić information content (AvgIpc) is 2.70. The number of nitrogens with zero attached hydrogens (tertiary/aromatic N) is 3. The van der Waals surface area contributed by atoms with Crippen LogP contribution < -0.4 is 5.32 Å². The van der Waals surface area contributed by atoms with Crippen LogP contribution in [0.25, 0.3) is 0 Å². The number of halogens is 2. The Balaban J connectivity index is 2.28. The maximum Gasteiger partial charge on any atom is 0.267 e. The minimum Gasteiger partial charge on any atom is -0.316 e. The molecule has 0 aliphatic rings. The van der Waals surface area contributed by atoms with Crippen LogP contribution in [-0.4, -0.2) is 20.9 Å². The van der Waals surface area contributed by atoms with Crippen LogP contribution in [-0.2, 0) is 0 Å². The highest BCUT2D eigenvalue weighted by atomic mass is 35.5. The SMILES string of the molecule is Cc1ncsc1C(=O)Nc1c(Cl)ncnc1Cl. The lowest BCUT2D eigenvalue weighted by Crippen LogP contribution is -2.13. The van der Waals surface area contributed by atoms with Crippen LogP contribution in [0.5, 0.6) is 0 Å². The van der Waals surface area contributed by atoms with Gasteiger partial charge in [-0.15, -0.1) is 11.3 Å². The van der Waals surface area contributed by atoms with Gasteiger partial charge in [0, 0.05) is 0 Å². The van der Waals surface area contributed by atoms with Crippen molar-refractivity contribution in [3.8, 4) is 0 Å². The molecule has 1 N–H and O–H groups in total. The Kier molecular flexibility index (Phi) is 3.56. The number of hydrogen-bond donors (Lipinski definition) is 1. The molecule has 8 heteroatoms. The molecule has 88 valence electrons. The van der Waals surface area contributed by atoms with Crippen molar-refractivity contribution >= 4 is 46.1 Å². The lowest BCUT2D eigenvalue weighted by molar-refractivity contribution is 0.102. The third-order valence-electron chi connectivity index (χ3n) is 1.95. The molecule has 0 saturated heterocycles. The second kappa shape index (κ2) is 4.95. The van der Waals surface area contributed by atoms with Crippen molar-refractivity contribution in [2.45, 2.75) is 6.92 Å². The largest absolute Gasteiger partial charge is 0.316 e. The Bertz CT molecular complexity index is 552. The van der Waals surface area contributed by atoms with Gasteiger partial charge in [0.25, 0.3) is 5.91 Å². The van der Waals surface area contributed by atoms with Gasteiger partial charge in [0.05, 0.1) is 11.2 Å². The molecule has 5 nitrogen and oxygen atoms in total. The predicted molar refractivity (Wildman–Crippen MR) is 66.9 cm³/mol. The molecule has 0 unspecified atom stereocenters. The molecule has 2 aromatic rings. The van der Waals surface area contributed by atoms with Gasteiger partial charge in [0.2, 0.25) is 0 Å². The molecule has 0 bridgehead atoms. The molecular weight excluding hydrogens is 283 g/mol. The number of hydrogen-bond acceptors (Lipinski definition) is 5. The van der Waals surface area contributed by atoms with E-state index in [0.29, 0.717) is 10.6 Å². The smallest absolute Gasteiger partial charge is 0.267 e. The summed E-state index contributed by atoms with van der Waals surface area (Å²) in [7, 11) is 0. The third kappa shape index (κ3) is 2.54. The number of aryl methyl sites for hydroxylation is 1. The van der Waals surface area contributed by atoms with Gasteiger partial charge in [-0.1, -0.05) is 23.2 Å². The highest BCUT2D eigenvalue weighted by molar-refractivity contribution is 7.12. The van der Waals surface area contributed by atoms with E-state index in [9.17, 15) is 4.79 Å². The van der Waals surface area contributed by atoms with Gasteiger partial charge < -0.3 is 5.32 Å². The topological polar surface area (TPSA) is 67.8 Å². The fourth-order valence-corrected chi connectivity index (χ4v) is 2.24. The molecule has 2 rings (SSSR count). The first kappa shape index (κ1) is 12.2. The second-order valence-corrected chi connectivity index (χ2v) is 4.62. The van der Waals surface area contributed by atoms with E-state index in [1.54, 1.807) is 12.4 Å². The molecule has 0 radical (unpaired) electrons. The molecule has 0 aromatic carbocycles. The van der Waals surface area contributed by atoms with Crippen LogP contribution in [0.2, 0.25) is 10.3 Å². The van der Waals surface area contributed by atoms with Gasteiger partial charge in [0.15, 0.2) is 10.3 Å². The summed E-state index contributed by atoms with van der Waals surface area (Å²) in [6.07, 6.45) is 1.22. The number of aromatic nitrogens is 3. The molecule has 0 spiro atoms. The van der Waals surface area contributed by atoms with E-state index in [-0.39, 0.29) is 21.9 Å². The van der Waals surface area contributed by atoms with E-state index in [2.05, 4.69) is 20.3 Å². The Morgan fingerprint density at radius 1 is 1.29 bits per heavy atom. The first-order chi connectivity index (χ1) is 8.09. The van der Waals surface area contributed by atoms with Gasteiger partial charge in [0.1, 0.15) is 16.9 Å². The Labute approximate surface area is 111 Å². The van der Waals surface area contributed by atoms with Crippen LogP contribution in [0, 0.1) is 6.92 Å². The number of thiazole rings is 1. The standard InChI is InChI=1S/C9H6Cl2N4OS/c1-4-6(17-3-14-4)9(16)15-5-7(10)12-2-13-8(5)11/h2-3H,1H3,(H,15,16). The minimum atomic E-state index is -0.330. The fraction of sp³-hybridized carbons (Fsp3) is 0.111. The van der Waals surface area contributed by atoms with Crippen molar-refractivity contribution in [2.75, 3.05) is 5.32 Å². The van der Waals surface area contributed by atoms with Gasteiger partial charge in [-0.25, -0.2) is 15.0 Å². The Morgan fingerprint density at radius 3 is 2.47 bits per heavy atom. The number of amides is 1. The number of anilines is 1. The highest BCUT2D eigenvalue weighted by Gasteiger charge is 2.16. The summed E-state index contributed by atoms with van der Waals surface area (Å²) in [5.41, 5.74) is 2.44. The minimum absolute atomic E-state index is 0.0977. The van der Waals surface area contributed by atoms with Gasteiger partial charge in [-0.2, -0.15) is 0 Å². The van der Waals surface area contributed by atoms with Gasteiger partial charge in [-0.3, -0.25) is 4.79 Å². The monoisotopic (exact) mass is 288 g/mol. The molecule has 0 atom stereocenters. The van der Waals surface area contributed by atoms with E-state index < -0.39 is 0 Å². The van der Waals surface area contributed by atoms with Crippen molar-refractivity contribution < 1.29 is 4.79 Å². The van der Waals surface area contributed by atoms with Gasteiger partial charge in [-0.05, 0) is 6.92 Å². The summed E-state index contributed by atoms with van der Waals surface area (Å²) in [6.45, 7) is 1.75. The second-order valence-electron chi connectivity index (χ2n) is 3.05. The van der Waals surface area contributed by atoms with Gasteiger partial charge >= 0.3 is 0 Å². The van der Waals surface area contributed by atoms with Crippen LogP contribution in [0.15, 0.2) is 11.8 Å². The summed E-state index contributed by atoms with van der Waals surface area (Å²) in [4.78, 5) is 23.9. The average molecular weight is 289 g/mol. The maximum atomic E-state index is 11.9. The molecule has 1 amide bonds. The molecule has 2 heterocycles. The quantitative estimate of drug-likeness (QED) is 0.863. The van der Waals surface area contributed by atoms with E-state index in [0.717, 1.165) is 0 Å². The first-order valence-electron chi connectivity index (χ1n) is 4.47.